The lowest BCUT2D eigenvalue weighted by molar-refractivity contribution is -0.124. The Morgan fingerprint density at radius 3 is 2.34 bits per heavy atom. The van der Waals surface area contributed by atoms with Crippen LogP contribution in [0.2, 0.25) is 0 Å². The van der Waals surface area contributed by atoms with E-state index in [2.05, 4.69) is 48.2 Å². The lowest BCUT2D eigenvalue weighted by Gasteiger charge is -2.29. The summed E-state index contributed by atoms with van der Waals surface area (Å²) in [7, 11) is 0. The molecular weight excluding hydrogens is 655 g/mol. The molecule has 11 nitrogen and oxygen atoms in total. The van der Waals surface area contributed by atoms with Crippen molar-refractivity contribution in [3.63, 3.8) is 0 Å². The molecule has 0 radical (unpaired) electrons. The van der Waals surface area contributed by atoms with Gasteiger partial charge < -0.3 is 36.2 Å². The Kier molecular flexibility index (Phi) is 15.3. The number of hydrogen-bond donors (Lipinski definition) is 5. The van der Waals surface area contributed by atoms with Gasteiger partial charge in [-0.25, -0.2) is 0 Å². The van der Waals surface area contributed by atoms with Crippen LogP contribution in [-0.2, 0) is 15.3 Å². The molecule has 0 saturated heterocycles. The number of amides is 3. The van der Waals surface area contributed by atoms with Gasteiger partial charge >= 0.3 is 0 Å². The number of ether oxygens (including phenoxy) is 1. The predicted molar refractivity (Wildman–Crippen MR) is 202 cm³/mol. The molecule has 2 aromatic carbocycles. The summed E-state index contributed by atoms with van der Waals surface area (Å²) in [6, 6.07) is 15.9. The zero-order valence-corrected chi connectivity index (χ0v) is 30.9. The van der Waals surface area contributed by atoms with Crippen LogP contribution in [0.4, 0.5) is 11.4 Å². The van der Waals surface area contributed by atoms with Crippen molar-refractivity contribution in [1.82, 2.24) is 10.3 Å². The first-order valence-corrected chi connectivity index (χ1v) is 18.0. The van der Waals surface area contributed by atoms with Crippen LogP contribution in [0.1, 0.15) is 87.1 Å². The highest BCUT2D eigenvalue weighted by atomic mass is 32.2. The molecule has 3 aromatic rings. The number of nitrogens with one attached hydrogen (secondary N) is 2. The first-order valence-electron chi connectivity index (χ1n) is 17.0. The maximum atomic E-state index is 13.6. The van der Waals surface area contributed by atoms with Crippen LogP contribution in [0.5, 0.6) is 0 Å². The zero-order valence-electron chi connectivity index (χ0n) is 30.1. The van der Waals surface area contributed by atoms with Gasteiger partial charge in [-0.2, -0.15) is 11.8 Å². The fourth-order valence-corrected chi connectivity index (χ4v) is 6.19. The second-order valence-electron chi connectivity index (χ2n) is 13.4. The van der Waals surface area contributed by atoms with Gasteiger partial charge in [0.1, 0.15) is 0 Å². The van der Waals surface area contributed by atoms with Gasteiger partial charge in [0.15, 0.2) is 0 Å². The number of rotatable bonds is 20. The summed E-state index contributed by atoms with van der Waals surface area (Å²) in [5.74, 6) is -0.348. The Balaban J connectivity index is 1.64. The van der Waals surface area contributed by atoms with Crippen LogP contribution in [0.25, 0.3) is 11.3 Å². The van der Waals surface area contributed by atoms with Crippen LogP contribution < -0.4 is 21.3 Å². The molecule has 0 bridgehead atoms. The number of benzene rings is 2. The lowest BCUT2D eigenvalue weighted by Crippen LogP contribution is -2.40. The normalized spacial score (nSPS) is 11.8. The van der Waals surface area contributed by atoms with E-state index < -0.39 is 17.6 Å². The molecule has 0 aliphatic rings. The topological polar surface area (TPSA) is 167 Å². The van der Waals surface area contributed by atoms with Gasteiger partial charge in [0.2, 0.25) is 11.8 Å². The first kappa shape index (κ1) is 40.5. The van der Waals surface area contributed by atoms with Crippen LogP contribution in [0, 0.1) is 0 Å². The molecule has 3 rings (SSSR count). The van der Waals surface area contributed by atoms with Crippen LogP contribution in [-0.4, -0.2) is 82.2 Å². The van der Waals surface area contributed by atoms with Crippen LogP contribution in [0.15, 0.2) is 60.8 Å². The molecule has 0 spiro atoms. The van der Waals surface area contributed by atoms with E-state index in [1.807, 2.05) is 50.2 Å². The van der Waals surface area contributed by atoms with Crippen LogP contribution >= 0.6 is 11.8 Å². The van der Waals surface area contributed by atoms with Gasteiger partial charge in [-0.1, -0.05) is 26.0 Å². The third kappa shape index (κ3) is 12.4. The molecule has 0 aliphatic carbocycles. The van der Waals surface area contributed by atoms with Gasteiger partial charge in [-0.3, -0.25) is 19.4 Å². The number of primary amides is 1. The molecule has 12 heteroatoms. The number of thioether (sulfide) groups is 1. The summed E-state index contributed by atoms with van der Waals surface area (Å²) in [5.41, 5.74) is 9.67. The van der Waals surface area contributed by atoms with E-state index in [-0.39, 0.29) is 36.2 Å². The molecule has 6 N–H and O–H groups in total. The second kappa shape index (κ2) is 18.9. The average molecular weight is 708 g/mol. The minimum absolute atomic E-state index is 0.116. The molecular formula is C38H53N5O6S. The van der Waals surface area contributed by atoms with Crippen molar-refractivity contribution < 1.29 is 29.3 Å². The van der Waals surface area contributed by atoms with Gasteiger partial charge in [0.05, 0.1) is 36.2 Å². The van der Waals surface area contributed by atoms with Crippen molar-refractivity contribution in [2.24, 2.45) is 5.73 Å². The minimum Gasteiger partial charge on any atom is -0.394 e. The zero-order chi connectivity index (χ0) is 36.9. The first-order chi connectivity index (χ1) is 23.7. The molecule has 3 amide bonds. The third-order valence-electron chi connectivity index (χ3n) is 8.48. The van der Waals surface area contributed by atoms with Crippen molar-refractivity contribution in [3.8, 4) is 11.3 Å². The van der Waals surface area contributed by atoms with E-state index in [1.165, 1.54) is 6.20 Å². The number of nitrogens with zero attached hydrogens (tertiary/aromatic N) is 2. The summed E-state index contributed by atoms with van der Waals surface area (Å²) < 4.78 is 6.03. The summed E-state index contributed by atoms with van der Waals surface area (Å²) in [5, 5.41) is 24.0. The number of hydrogen-bond acceptors (Lipinski definition) is 9. The number of aromatic nitrogens is 1. The van der Waals surface area contributed by atoms with Crippen molar-refractivity contribution in [1.29, 1.82) is 0 Å². The van der Waals surface area contributed by atoms with Gasteiger partial charge in [-0.05, 0) is 88.6 Å². The van der Waals surface area contributed by atoms with E-state index in [4.69, 9.17) is 10.5 Å². The SMILES string of the molecule is CCN(CC)c1ccc(NC(=O)c2cccc(CSC(C)(C)CCOC(C)(C)CCC(=O)NC(CO)CO)c2)c(-c2cc(C(N)=O)ccn2)c1. The number of aliphatic hydroxyl groups excluding tert-OH is 2. The Morgan fingerprint density at radius 1 is 0.960 bits per heavy atom. The molecule has 0 unspecified atom stereocenters. The standard InChI is InChI=1S/C38H53N5O6S/c1-7-43(8-2)30-12-13-32(31(22-30)33-21-27(35(39)47)15-18-40-33)42-36(48)28-11-9-10-26(20-28)25-50-38(5,6)17-19-49-37(3,4)16-14-34(46)41-29(23-44)24-45/h9-13,15,18,20-22,29,44-45H,7-8,14,16-17,19,23-25H2,1-6H3,(H2,39,47)(H,41,46)(H,42,48). The molecule has 272 valence electrons. The third-order valence-corrected chi connectivity index (χ3v) is 9.94. The molecule has 0 aliphatic heterocycles. The molecule has 0 fully saturated rings. The molecule has 0 atom stereocenters. The second-order valence-corrected chi connectivity index (χ2v) is 15.1. The molecule has 1 aromatic heterocycles. The monoisotopic (exact) mass is 707 g/mol. The van der Waals surface area contributed by atoms with E-state index in [9.17, 15) is 24.6 Å². The average Bonchev–Trinajstić information content (AvgIpc) is 3.10. The number of nitrogens with two attached hydrogens (primary N) is 1. The summed E-state index contributed by atoms with van der Waals surface area (Å²) in [6.07, 6.45) is 3.05. The van der Waals surface area contributed by atoms with Gasteiger partial charge in [0, 0.05) is 65.2 Å². The number of pyridine rings is 1. The smallest absolute Gasteiger partial charge is 0.255 e. The molecule has 50 heavy (non-hydrogen) atoms. The Labute approximate surface area is 300 Å². The van der Waals surface area contributed by atoms with Crippen LogP contribution in [0.3, 0.4) is 0 Å². The fraction of sp³-hybridized carbons (Fsp3) is 0.474. The number of anilines is 2. The lowest BCUT2D eigenvalue weighted by atomic mass is 10.0. The highest BCUT2D eigenvalue weighted by Crippen LogP contribution is 2.34. The molecule has 1 heterocycles. The van der Waals surface area contributed by atoms with Crippen molar-refractivity contribution >= 4 is 40.9 Å². The Morgan fingerprint density at radius 2 is 1.68 bits per heavy atom. The maximum Gasteiger partial charge on any atom is 0.255 e. The van der Waals surface area contributed by atoms with Crippen molar-refractivity contribution in [2.75, 3.05) is 43.1 Å². The van der Waals surface area contributed by atoms with Crippen molar-refractivity contribution in [2.45, 2.75) is 82.9 Å². The molecule has 0 saturated carbocycles. The van der Waals surface area contributed by atoms with Crippen molar-refractivity contribution in [3.05, 3.63) is 77.5 Å². The summed E-state index contributed by atoms with van der Waals surface area (Å²) in [6.45, 7) is 13.9. The van der Waals surface area contributed by atoms with E-state index >= 15 is 0 Å². The number of carbonyl (C=O) groups excluding carboxylic acids is 3. The van der Waals surface area contributed by atoms with E-state index in [0.717, 1.165) is 30.8 Å². The van der Waals surface area contributed by atoms with Gasteiger partial charge in [0.25, 0.3) is 5.91 Å². The highest BCUT2D eigenvalue weighted by Gasteiger charge is 2.24. The van der Waals surface area contributed by atoms with E-state index in [1.54, 1.807) is 30.0 Å². The predicted octanol–water partition coefficient (Wildman–Crippen LogP) is 5.39. The van der Waals surface area contributed by atoms with Gasteiger partial charge in [-0.15, -0.1) is 0 Å². The maximum absolute atomic E-state index is 13.6. The van der Waals surface area contributed by atoms with E-state index in [0.29, 0.717) is 46.9 Å². The summed E-state index contributed by atoms with van der Waals surface area (Å²) in [4.78, 5) is 44.3. The Hall–Kier alpha value is -3.97. The summed E-state index contributed by atoms with van der Waals surface area (Å²) >= 11 is 1.77. The largest absolute Gasteiger partial charge is 0.394 e. The Bertz CT molecular complexity index is 1590. The fourth-order valence-electron chi connectivity index (χ4n) is 5.23. The highest BCUT2D eigenvalue weighted by molar-refractivity contribution is 7.99. The quantitative estimate of drug-likeness (QED) is 0.103. The minimum atomic E-state index is -0.654. The number of carbonyl (C=O) groups is 3. The number of aliphatic hydroxyl groups is 2.